The third-order valence-corrected chi connectivity index (χ3v) is 9.73. The van der Waals surface area contributed by atoms with Gasteiger partial charge in [-0.3, -0.25) is 14.4 Å². The predicted octanol–water partition coefficient (Wildman–Crippen LogP) is 11.1. The molecule has 264 valence electrons. The van der Waals surface area contributed by atoms with E-state index in [1.165, 1.54) is 77.0 Å². The maximum absolute atomic E-state index is 12.6. The van der Waals surface area contributed by atoms with Crippen molar-refractivity contribution in [3.63, 3.8) is 0 Å². The first kappa shape index (κ1) is 41.4. The van der Waals surface area contributed by atoms with Gasteiger partial charge in [0.25, 0.3) is 0 Å². The van der Waals surface area contributed by atoms with Gasteiger partial charge >= 0.3 is 17.9 Å². The Kier molecular flexibility index (Phi) is 27.4. The lowest BCUT2D eigenvalue weighted by Gasteiger charge is -2.36. The number of carbonyl (C=O) groups is 3. The molecule has 1 rings (SSSR count). The fourth-order valence-corrected chi connectivity index (χ4v) is 6.77. The minimum Gasteiger partial charge on any atom is -0.466 e. The Morgan fingerprint density at radius 1 is 0.444 bits per heavy atom. The second-order valence-corrected chi connectivity index (χ2v) is 13.8. The summed E-state index contributed by atoms with van der Waals surface area (Å²) in [7, 11) is 0. The maximum atomic E-state index is 12.6. The van der Waals surface area contributed by atoms with E-state index in [4.69, 9.17) is 14.2 Å². The van der Waals surface area contributed by atoms with Gasteiger partial charge in [-0.05, 0) is 69.1 Å². The van der Waals surface area contributed by atoms with E-state index in [2.05, 4.69) is 20.8 Å². The average molecular weight is 637 g/mol. The molecule has 1 aliphatic carbocycles. The quantitative estimate of drug-likeness (QED) is 0.0443. The highest BCUT2D eigenvalue weighted by Gasteiger charge is 2.31. The van der Waals surface area contributed by atoms with Crippen molar-refractivity contribution in [3.8, 4) is 0 Å². The molecule has 0 spiro atoms. The smallest absolute Gasteiger partial charge is 0.305 e. The molecule has 0 aliphatic heterocycles. The molecule has 45 heavy (non-hydrogen) atoms. The number of unbranched alkanes of at least 4 members (excludes halogenated alkanes) is 15. The van der Waals surface area contributed by atoms with E-state index in [1.54, 1.807) is 0 Å². The lowest BCUT2D eigenvalue weighted by Crippen LogP contribution is -2.27. The summed E-state index contributed by atoms with van der Waals surface area (Å²) in [6, 6.07) is 0. The first-order chi connectivity index (χ1) is 22.0. The van der Waals surface area contributed by atoms with E-state index >= 15 is 0 Å². The van der Waals surface area contributed by atoms with E-state index in [1.807, 2.05) is 0 Å². The standard InChI is InChI=1S/C39H72O6/c1-4-7-10-13-16-19-30-43-37(40)27-23-34-22-24-35(25-28-38(41)44-31-20-17-14-11-8-5-2)36(33-34)26-29-39(42)45-32-21-18-15-12-9-6-3/h34-36H,4-33H2,1-3H3. The van der Waals surface area contributed by atoms with Crippen molar-refractivity contribution in [3.05, 3.63) is 0 Å². The van der Waals surface area contributed by atoms with Crippen LogP contribution in [0.25, 0.3) is 0 Å². The van der Waals surface area contributed by atoms with Crippen molar-refractivity contribution in [2.24, 2.45) is 17.8 Å². The Hall–Kier alpha value is -1.59. The minimum absolute atomic E-state index is 0.0754. The van der Waals surface area contributed by atoms with Crippen molar-refractivity contribution in [1.29, 1.82) is 0 Å². The molecule has 1 aliphatic rings. The Morgan fingerprint density at radius 3 is 1.22 bits per heavy atom. The lowest BCUT2D eigenvalue weighted by atomic mass is 9.69. The Bertz CT molecular complexity index is 722. The largest absolute Gasteiger partial charge is 0.466 e. The topological polar surface area (TPSA) is 78.9 Å². The number of hydrogen-bond donors (Lipinski definition) is 0. The van der Waals surface area contributed by atoms with Gasteiger partial charge in [-0.2, -0.15) is 0 Å². The Balaban J connectivity index is 2.44. The van der Waals surface area contributed by atoms with Gasteiger partial charge in [0.05, 0.1) is 19.8 Å². The molecule has 0 aromatic heterocycles. The van der Waals surface area contributed by atoms with Crippen LogP contribution in [0.3, 0.4) is 0 Å². The van der Waals surface area contributed by atoms with Gasteiger partial charge in [-0.1, -0.05) is 124 Å². The summed E-state index contributed by atoms with van der Waals surface area (Å²) in [6.45, 7) is 8.24. The van der Waals surface area contributed by atoms with Crippen molar-refractivity contribution >= 4 is 17.9 Å². The molecule has 6 nitrogen and oxygen atoms in total. The molecule has 3 unspecified atom stereocenters. The summed E-state index contributed by atoms with van der Waals surface area (Å²) in [5.74, 6) is 0.988. The van der Waals surface area contributed by atoms with Crippen LogP contribution < -0.4 is 0 Å². The van der Waals surface area contributed by atoms with Crippen LogP contribution in [-0.4, -0.2) is 37.7 Å². The number of rotatable bonds is 30. The zero-order valence-electron chi connectivity index (χ0n) is 29.9. The molecule has 6 heteroatoms. The number of carbonyl (C=O) groups excluding carboxylic acids is 3. The van der Waals surface area contributed by atoms with Crippen LogP contribution in [0.4, 0.5) is 0 Å². The van der Waals surface area contributed by atoms with Gasteiger partial charge in [0.1, 0.15) is 0 Å². The number of ether oxygens (including phenoxy) is 3. The molecule has 1 saturated carbocycles. The van der Waals surface area contributed by atoms with Crippen LogP contribution in [0.5, 0.6) is 0 Å². The molecule has 3 atom stereocenters. The fourth-order valence-electron chi connectivity index (χ4n) is 6.77. The van der Waals surface area contributed by atoms with E-state index in [0.29, 0.717) is 56.8 Å². The normalized spacial score (nSPS) is 18.1. The Labute approximate surface area is 277 Å². The van der Waals surface area contributed by atoms with Crippen molar-refractivity contribution < 1.29 is 28.6 Å². The first-order valence-electron chi connectivity index (χ1n) is 19.5. The molecule has 0 radical (unpaired) electrons. The average Bonchev–Trinajstić information content (AvgIpc) is 3.04. The highest BCUT2D eigenvalue weighted by Crippen LogP contribution is 2.41. The van der Waals surface area contributed by atoms with Crippen molar-refractivity contribution in [2.75, 3.05) is 19.8 Å². The molecule has 0 N–H and O–H groups in total. The molecule has 1 fully saturated rings. The van der Waals surface area contributed by atoms with Gasteiger partial charge in [0, 0.05) is 19.3 Å². The number of esters is 3. The summed E-state index contributed by atoms with van der Waals surface area (Å²) in [5.41, 5.74) is 0. The molecular formula is C39H72O6. The van der Waals surface area contributed by atoms with Crippen LogP contribution in [0.1, 0.15) is 194 Å². The van der Waals surface area contributed by atoms with E-state index in [9.17, 15) is 14.4 Å². The molecule has 0 saturated heterocycles. The lowest BCUT2D eigenvalue weighted by molar-refractivity contribution is -0.146. The molecule has 0 amide bonds. The maximum Gasteiger partial charge on any atom is 0.305 e. The zero-order valence-corrected chi connectivity index (χ0v) is 29.9. The molecular weight excluding hydrogens is 564 g/mol. The molecule has 0 aromatic rings. The summed E-state index contributed by atoms with van der Waals surface area (Å²) >= 11 is 0. The first-order valence-corrected chi connectivity index (χ1v) is 19.5. The highest BCUT2D eigenvalue weighted by atomic mass is 16.5. The van der Waals surface area contributed by atoms with E-state index < -0.39 is 0 Å². The van der Waals surface area contributed by atoms with Crippen LogP contribution in [0, 0.1) is 17.8 Å². The third-order valence-electron chi connectivity index (χ3n) is 9.73. The molecule has 0 aromatic carbocycles. The van der Waals surface area contributed by atoms with Gasteiger partial charge in [-0.25, -0.2) is 0 Å². The van der Waals surface area contributed by atoms with Crippen LogP contribution >= 0.6 is 0 Å². The minimum atomic E-state index is -0.0963. The van der Waals surface area contributed by atoms with Crippen LogP contribution in [0.15, 0.2) is 0 Å². The monoisotopic (exact) mass is 637 g/mol. The summed E-state index contributed by atoms with van der Waals surface area (Å²) in [6.07, 6.45) is 28.2. The predicted molar refractivity (Wildman–Crippen MR) is 185 cm³/mol. The van der Waals surface area contributed by atoms with Gasteiger partial charge in [-0.15, -0.1) is 0 Å². The van der Waals surface area contributed by atoms with Gasteiger partial charge in [0.15, 0.2) is 0 Å². The Morgan fingerprint density at radius 2 is 0.800 bits per heavy atom. The molecule has 0 bridgehead atoms. The van der Waals surface area contributed by atoms with Gasteiger partial charge in [0.2, 0.25) is 0 Å². The van der Waals surface area contributed by atoms with Crippen molar-refractivity contribution in [2.45, 2.75) is 194 Å². The second-order valence-electron chi connectivity index (χ2n) is 13.8. The third kappa shape index (κ3) is 24.3. The molecule has 0 heterocycles. The van der Waals surface area contributed by atoms with Crippen molar-refractivity contribution in [1.82, 2.24) is 0 Å². The number of hydrogen-bond acceptors (Lipinski definition) is 6. The highest BCUT2D eigenvalue weighted by molar-refractivity contribution is 5.70. The summed E-state index contributed by atoms with van der Waals surface area (Å²) in [4.78, 5) is 37.4. The van der Waals surface area contributed by atoms with Crippen LogP contribution in [-0.2, 0) is 28.6 Å². The second kappa shape index (κ2) is 29.8. The van der Waals surface area contributed by atoms with E-state index in [0.717, 1.165) is 77.0 Å². The van der Waals surface area contributed by atoms with E-state index in [-0.39, 0.29) is 17.9 Å². The zero-order chi connectivity index (χ0) is 32.8. The summed E-state index contributed by atoms with van der Waals surface area (Å²) < 4.78 is 16.6. The SMILES string of the molecule is CCCCCCCCOC(=O)CCC1CCC(CCC(=O)OCCCCCCCC)C(CCC(=O)OCCCCCCCC)C1. The summed E-state index contributed by atoms with van der Waals surface area (Å²) in [5, 5.41) is 0. The van der Waals surface area contributed by atoms with Gasteiger partial charge < -0.3 is 14.2 Å². The van der Waals surface area contributed by atoms with Crippen LogP contribution in [0.2, 0.25) is 0 Å². The fraction of sp³-hybridized carbons (Fsp3) is 0.923.